The average molecular weight is 349 g/mol. The van der Waals surface area contributed by atoms with Gasteiger partial charge in [0.15, 0.2) is 0 Å². The van der Waals surface area contributed by atoms with Crippen LogP contribution >= 0.6 is 23.4 Å². The highest BCUT2D eigenvalue weighted by molar-refractivity contribution is 7.98. The number of amides is 1. The molecule has 120 valence electrons. The van der Waals surface area contributed by atoms with Crippen LogP contribution in [0.25, 0.3) is 0 Å². The Kier molecular flexibility index (Phi) is 5.20. The molecule has 1 aliphatic heterocycles. The van der Waals surface area contributed by atoms with Gasteiger partial charge < -0.3 is 5.32 Å². The minimum Gasteiger partial charge on any atom is -0.325 e. The molecule has 2 aromatic rings. The predicted molar refractivity (Wildman–Crippen MR) is 94.2 cm³/mol. The molecule has 0 saturated carbocycles. The van der Waals surface area contributed by atoms with Gasteiger partial charge in [0.05, 0.1) is 6.04 Å². The number of hydrogen-bond acceptors (Lipinski definition) is 5. The van der Waals surface area contributed by atoms with Crippen molar-refractivity contribution in [3.05, 3.63) is 59.1 Å². The van der Waals surface area contributed by atoms with E-state index in [0.29, 0.717) is 5.02 Å². The fourth-order valence-corrected chi connectivity index (χ4v) is 3.14. The first-order valence-electron chi connectivity index (χ1n) is 7.14. The summed E-state index contributed by atoms with van der Waals surface area (Å²) in [5.74, 6) is -0.120. The van der Waals surface area contributed by atoms with E-state index in [1.165, 1.54) is 0 Å². The van der Waals surface area contributed by atoms with E-state index in [4.69, 9.17) is 11.6 Å². The lowest BCUT2D eigenvalue weighted by atomic mass is 10.0. The SMILES string of the molecule is CSc1cccc(NC(=O)C2NNNC2c2cccc(Cl)c2)c1. The number of carbonyl (C=O) groups excluding carboxylic acids is 1. The summed E-state index contributed by atoms with van der Waals surface area (Å²) in [6, 6.07) is 14.6. The largest absolute Gasteiger partial charge is 0.325 e. The molecule has 3 rings (SSSR count). The van der Waals surface area contributed by atoms with Crippen LogP contribution in [-0.2, 0) is 4.79 Å². The van der Waals surface area contributed by atoms with Crippen molar-refractivity contribution in [2.45, 2.75) is 17.0 Å². The molecule has 1 heterocycles. The van der Waals surface area contributed by atoms with Gasteiger partial charge in [-0.15, -0.1) is 11.8 Å². The van der Waals surface area contributed by atoms with Crippen LogP contribution in [0.5, 0.6) is 0 Å². The predicted octanol–water partition coefficient (Wildman–Crippen LogP) is 2.72. The highest BCUT2D eigenvalue weighted by Crippen LogP contribution is 2.24. The zero-order valence-electron chi connectivity index (χ0n) is 12.5. The smallest absolute Gasteiger partial charge is 0.244 e. The van der Waals surface area contributed by atoms with Crippen molar-refractivity contribution in [3.63, 3.8) is 0 Å². The molecular weight excluding hydrogens is 332 g/mol. The average Bonchev–Trinajstić information content (AvgIpc) is 3.05. The number of thioether (sulfide) groups is 1. The maximum atomic E-state index is 12.6. The number of hydrogen-bond donors (Lipinski definition) is 4. The third-order valence-electron chi connectivity index (χ3n) is 3.62. The maximum absolute atomic E-state index is 12.6. The molecule has 0 spiro atoms. The van der Waals surface area contributed by atoms with Gasteiger partial charge in [-0.2, -0.15) is 5.53 Å². The number of nitrogens with one attached hydrogen (secondary N) is 4. The van der Waals surface area contributed by atoms with Crippen LogP contribution in [0.3, 0.4) is 0 Å². The lowest BCUT2D eigenvalue weighted by Gasteiger charge is -2.18. The first kappa shape index (κ1) is 16.3. The Morgan fingerprint density at radius 1 is 1.17 bits per heavy atom. The number of benzene rings is 2. The molecule has 1 fully saturated rings. The zero-order chi connectivity index (χ0) is 16.2. The van der Waals surface area contributed by atoms with Crippen LogP contribution in [-0.4, -0.2) is 18.2 Å². The molecule has 7 heteroatoms. The Morgan fingerprint density at radius 2 is 2.00 bits per heavy atom. The molecule has 5 nitrogen and oxygen atoms in total. The first-order valence-corrected chi connectivity index (χ1v) is 8.74. The Morgan fingerprint density at radius 3 is 2.78 bits per heavy atom. The van der Waals surface area contributed by atoms with Gasteiger partial charge in [-0.1, -0.05) is 29.8 Å². The lowest BCUT2D eigenvalue weighted by Crippen LogP contribution is -2.41. The van der Waals surface area contributed by atoms with Crippen LogP contribution in [0.4, 0.5) is 5.69 Å². The summed E-state index contributed by atoms with van der Waals surface area (Å²) in [6.07, 6.45) is 2.00. The van der Waals surface area contributed by atoms with E-state index in [1.807, 2.05) is 54.8 Å². The van der Waals surface area contributed by atoms with E-state index in [0.717, 1.165) is 16.1 Å². The summed E-state index contributed by atoms with van der Waals surface area (Å²) in [5.41, 5.74) is 10.5. The molecule has 1 aliphatic rings. The number of anilines is 1. The van der Waals surface area contributed by atoms with Crippen molar-refractivity contribution in [2.75, 3.05) is 11.6 Å². The lowest BCUT2D eigenvalue weighted by molar-refractivity contribution is -0.118. The van der Waals surface area contributed by atoms with Gasteiger partial charge in [0, 0.05) is 15.6 Å². The van der Waals surface area contributed by atoms with Gasteiger partial charge in [-0.05, 0) is 42.2 Å². The Hall–Kier alpha value is -1.57. The monoisotopic (exact) mass is 348 g/mol. The maximum Gasteiger partial charge on any atom is 0.244 e. The Labute approximate surface area is 144 Å². The van der Waals surface area contributed by atoms with Gasteiger partial charge in [-0.25, -0.2) is 10.9 Å². The van der Waals surface area contributed by atoms with Gasteiger partial charge in [0.25, 0.3) is 0 Å². The van der Waals surface area contributed by atoms with Crippen LogP contribution in [0.15, 0.2) is 53.4 Å². The molecule has 4 N–H and O–H groups in total. The molecule has 0 aliphatic carbocycles. The summed E-state index contributed by atoms with van der Waals surface area (Å²) in [7, 11) is 0. The fourth-order valence-electron chi connectivity index (χ4n) is 2.48. The minimum atomic E-state index is -0.452. The molecule has 23 heavy (non-hydrogen) atoms. The van der Waals surface area contributed by atoms with Crippen molar-refractivity contribution < 1.29 is 4.79 Å². The zero-order valence-corrected chi connectivity index (χ0v) is 14.0. The second-order valence-electron chi connectivity index (χ2n) is 5.15. The van der Waals surface area contributed by atoms with Gasteiger partial charge in [0.2, 0.25) is 5.91 Å². The summed E-state index contributed by atoms with van der Waals surface area (Å²) >= 11 is 7.68. The van der Waals surface area contributed by atoms with Crippen molar-refractivity contribution in [3.8, 4) is 0 Å². The quantitative estimate of drug-likeness (QED) is 0.640. The van der Waals surface area contributed by atoms with Crippen molar-refractivity contribution >= 4 is 35.0 Å². The number of halogens is 1. The third kappa shape index (κ3) is 3.85. The Bertz CT molecular complexity index is 712. The first-order chi connectivity index (χ1) is 11.2. The minimum absolute atomic E-state index is 0.120. The second kappa shape index (κ2) is 7.33. The van der Waals surface area contributed by atoms with Crippen LogP contribution in [0, 0.1) is 0 Å². The van der Waals surface area contributed by atoms with Crippen LogP contribution < -0.4 is 21.7 Å². The van der Waals surface area contributed by atoms with E-state index in [9.17, 15) is 4.79 Å². The van der Waals surface area contributed by atoms with Crippen molar-refractivity contribution in [1.82, 2.24) is 16.4 Å². The molecule has 1 amide bonds. The number of hydrazine groups is 2. The number of rotatable bonds is 4. The van der Waals surface area contributed by atoms with Gasteiger partial charge >= 0.3 is 0 Å². The molecule has 2 aromatic carbocycles. The van der Waals surface area contributed by atoms with Crippen LogP contribution in [0.1, 0.15) is 11.6 Å². The van der Waals surface area contributed by atoms with Gasteiger partial charge in [-0.3, -0.25) is 4.79 Å². The van der Waals surface area contributed by atoms with E-state index in [2.05, 4.69) is 21.7 Å². The van der Waals surface area contributed by atoms with Crippen LogP contribution in [0.2, 0.25) is 5.02 Å². The fraction of sp³-hybridized carbons (Fsp3) is 0.188. The summed E-state index contributed by atoms with van der Waals surface area (Å²) < 4.78 is 0. The molecule has 0 radical (unpaired) electrons. The van der Waals surface area contributed by atoms with Crippen molar-refractivity contribution in [1.29, 1.82) is 0 Å². The third-order valence-corrected chi connectivity index (χ3v) is 4.58. The second-order valence-corrected chi connectivity index (χ2v) is 6.46. The summed E-state index contributed by atoms with van der Waals surface area (Å²) in [4.78, 5) is 13.7. The van der Waals surface area contributed by atoms with E-state index >= 15 is 0 Å². The Balaban J connectivity index is 1.75. The molecule has 2 atom stereocenters. The topological polar surface area (TPSA) is 65.2 Å². The summed E-state index contributed by atoms with van der Waals surface area (Å²) in [6.45, 7) is 0. The number of carbonyl (C=O) groups is 1. The standard InChI is InChI=1S/C16H17ClN4OS/c1-23-13-7-3-6-12(9-13)18-16(22)15-14(19-21-20-15)10-4-2-5-11(17)8-10/h2-9,14-15,19-21H,1H3,(H,18,22). The van der Waals surface area contributed by atoms with E-state index < -0.39 is 6.04 Å². The van der Waals surface area contributed by atoms with E-state index in [1.54, 1.807) is 11.8 Å². The molecule has 2 unspecified atom stereocenters. The molecule has 0 bridgehead atoms. The molecular formula is C16H17ClN4OS. The van der Waals surface area contributed by atoms with Gasteiger partial charge in [0.1, 0.15) is 6.04 Å². The normalized spacial score (nSPS) is 20.4. The van der Waals surface area contributed by atoms with E-state index in [-0.39, 0.29) is 11.9 Å². The molecule has 1 saturated heterocycles. The highest BCUT2D eigenvalue weighted by atomic mass is 35.5. The molecule has 0 aromatic heterocycles. The van der Waals surface area contributed by atoms with Crippen molar-refractivity contribution in [2.24, 2.45) is 0 Å². The summed E-state index contributed by atoms with van der Waals surface area (Å²) in [5, 5.41) is 3.59. The highest BCUT2D eigenvalue weighted by Gasteiger charge is 2.34.